The molecule has 0 radical (unpaired) electrons. The molecule has 0 aliphatic heterocycles. The molecule has 0 spiro atoms. The number of hydrogen-bond acceptors (Lipinski definition) is 3. The molecule has 0 atom stereocenters. The molecule has 0 bridgehead atoms. The minimum Gasteiger partial charge on any atom is -0.457 e. The van der Waals surface area contributed by atoms with Crippen LogP contribution in [0.4, 0.5) is 8.78 Å². The van der Waals surface area contributed by atoms with E-state index in [0.717, 1.165) is 38.9 Å². The van der Waals surface area contributed by atoms with Gasteiger partial charge in [0.05, 0.1) is 28.0 Å². The predicted octanol–water partition coefficient (Wildman–Crippen LogP) is 9.03. The van der Waals surface area contributed by atoms with Crippen LogP contribution in [0.2, 0.25) is 0 Å². The Morgan fingerprint density at radius 3 is 2.21 bits per heavy atom. The molecule has 0 N–H and O–H groups in total. The first kappa shape index (κ1) is 25.7. The Hall–Kier alpha value is -5.30. The van der Waals surface area contributed by atoms with Crippen LogP contribution in [0.3, 0.4) is 0 Å². The summed E-state index contributed by atoms with van der Waals surface area (Å²) in [5.74, 6) is 0.873. The number of hydrogen-bond donors (Lipinski definition) is 0. The second-order valence-electron chi connectivity index (χ2n) is 10.4. The summed E-state index contributed by atoms with van der Waals surface area (Å²) in [7, 11) is 0. The summed E-state index contributed by atoms with van der Waals surface area (Å²) in [4.78, 5) is 4.66. The summed E-state index contributed by atoms with van der Waals surface area (Å²) in [5.41, 5.74) is 5.43. The molecule has 5 nitrogen and oxygen atoms in total. The molecule has 0 saturated carbocycles. The third kappa shape index (κ3) is 4.21. The van der Waals surface area contributed by atoms with Crippen molar-refractivity contribution in [1.82, 2.24) is 19.3 Å². The largest absolute Gasteiger partial charge is 0.457 e. The Morgan fingerprint density at radius 2 is 1.40 bits per heavy atom. The summed E-state index contributed by atoms with van der Waals surface area (Å²) < 4.78 is 39.5. The number of ether oxygens (including phenoxy) is 1. The van der Waals surface area contributed by atoms with Gasteiger partial charge in [0.1, 0.15) is 29.0 Å². The van der Waals surface area contributed by atoms with E-state index in [1.165, 1.54) is 18.2 Å². The zero-order chi connectivity index (χ0) is 29.0. The average molecular weight is 557 g/mol. The van der Waals surface area contributed by atoms with E-state index in [4.69, 9.17) is 4.74 Å². The zero-order valence-corrected chi connectivity index (χ0v) is 23.3. The Labute approximate surface area is 241 Å². The van der Waals surface area contributed by atoms with Crippen LogP contribution >= 0.6 is 0 Å². The maximum absolute atomic E-state index is 14.6. The normalized spacial score (nSPS) is 11.5. The number of nitrogens with zero attached hydrogens (tertiary/aromatic N) is 4. The van der Waals surface area contributed by atoms with E-state index in [1.807, 2.05) is 60.8 Å². The van der Waals surface area contributed by atoms with Gasteiger partial charge in [-0.05, 0) is 80.9 Å². The van der Waals surface area contributed by atoms with Crippen LogP contribution in [0.1, 0.15) is 17.0 Å². The van der Waals surface area contributed by atoms with Gasteiger partial charge in [0.25, 0.3) is 0 Å². The smallest absolute Gasteiger partial charge is 0.137 e. The van der Waals surface area contributed by atoms with Crippen molar-refractivity contribution in [2.45, 2.75) is 20.8 Å². The lowest BCUT2D eigenvalue weighted by molar-refractivity contribution is 0.482. The second-order valence-corrected chi connectivity index (χ2v) is 10.4. The van der Waals surface area contributed by atoms with Gasteiger partial charge in [-0.3, -0.25) is 4.57 Å². The Bertz CT molecular complexity index is 2120. The molecule has 3 aromatic heterocycles. The summed E-state index contributed by atoms with van der Waals surface area (Å²) in [6, 6.07) is 29.7. The van der Waals surface area contributed by atoms with Gasteiger partial charge < -0.3 is 4.74 Å². The van der Waals surface area contributed by atoms with Gasteiger partial charge >= 0.3 is 0 Å². The molecule has 0 aliphatic carbocycles. The molecule has 7 rings (SSSR count). The van der Waals surface area contributed by atoms with Crippen molar-refractivity contribution in [1.29, 1.82) is 0 Å². The van der Waals surface area contributed by atoms with E-state index in [9.17, 15) is 8.78 Å². The fourth-order valence-corrected chi connectivity index (χ4v) is 5.71. The van der Waals surface area contributed by atoms with Gasteiger partial charge in [0.2, 0.25) is 0 Å². The fraction of sp³-hybridized carbons (Fsp3) is 0.0857. The van der Waals surface area contributed by atoms with Crippen LogP contribution in [0.15, 0.2) is 103 Å². The molecule has 7 aromatic rings. The second kappa shape index (κ2) is 9.96. The molecule has 0 aliphatic rings. The highest BCUT2D eigenvalue weighted by Crippen LogP contribution is 2.36. The highest BCUT2D eigenvalue weighted by molar-refractivity contribution is 6.09. The molecular formula is C35H26F2N4O. The number of rotatable bonds is 5. The molecule has 3 heterocycles. The van der Waals surface area contributed by atoms with E-state index >= 15 is 0 Å². The molecule has 4 aromatic carbocycles. The molecule has 0 amide bonds. The maximum Gasteiger partial charge on any atom is 0.137 e. The van der Waals surface area contributed by atoms with Crippen molar-refractivity contribution in [3.63, 3.8) is 0 Å². The monoisotopic (exact) mass is 556 g/mol. The lowest BCUT2D eigenvalue weighted by atomic mass is 10.0. The van der Waals surface area contributed by atoms with Gasteiger partial charge in [0.15, 0.2) is 0 Å². The number of benzene rings is 4. The van der Waals surface area contributed by atoms with E-state index in [2.05, 4.69) is 45.8 Å². The van der Waals surface area contributed by atoms with Gasteiger partial charge in [-0.1, -0.05) is 30.3 Å². The van der Waals surface area contributed by atoms with Crippen LogP contribution < -0.4 is 4.74 Å². The molecule has 206 valence electrons. The Morgan fingerprint density at radius 1 is 0.667 bits per heavy atom. The summed E-state index contributed by atoms with van der Waals surface area (Å²) >= 11 is 0. The topological polar surface area (TPSA) is 44.9 Å². The Kier molecular flexibility index (Phi) is 6.08. The van der Waals surface area contributed by atoms with Crippen molar-refractivity contribution >= 4 is 21.8 Å². The number of aryl methyl sites for hydroxylation is 2. The van der Waals surface area contributed by atoms with Gasteiger partial charge in [0, 0.05) is 40.4 Å². The van der Waals surface area contributed by atoms with Gasteiger partial charge in [-0.2, -0.15) is 5.10 Å². The third-order valence-corrected chi connectivity index (χ3v) is 7.58. The van der Waals surface area contributed by atoms with E-state index in [1.54, 1.807) is 18.5 Å². The van der Waals surface area contributed by atoms with Crippen LogP contribution in [0, 0.1) is 32.4 Å². The molecule has 0 unspecified atom stereocenters. The standard InChI is InChI=1S/C35H26F2N4O/c1-21-16-17-38-33(18-21)40-31-13-5-4-10-27(31)28-15-14-26(20-32(28)40)42-25-9-6-8-24(19-25)41-23(3)34(22(2)39-41)35-29(36)11-7-12-30(35)37/h4-20H,1-3H3. The number of aromatic nitrogens is 4. The number of para-hydroxylation sites is 1. The van der Waals surface area contributed by atoms with Crippen molar-refractivity contribution < 1.29 is 13.5 Å². The summed E-state index contributed by atoms with van der Waals surface area (Å²) in [6.07, 6.45) is 1.82. The first-order valence-corrected chi connectivity index (χ1v) is 13.6. The van der Waals surface area contributed by atoms with Gasteiger partial charge in [-0.15, -0.1) is 0 Å². The lowest BCUT2D eigenvalue weighted by Gasteiger charge is -2.11. The number of halogens is 2. The van der Waals surface area contributed by atoms with Crippen molar-refractivity contribution in [2.75, 3.05) is 0 Å². The summed E-state index contributed by atoms with van der Waals surface area (Å²) in [6.45, 7) is 5.61. The summed E-state index contributed by atoms with van der Waals surface area (Å²) in [5, 5.41) is 6.86. The zero-order valence-electron chi connectivity index (χ0n) is 23.3. The third-order valence-electron chi connectivity index (χ3n) is 7.58. The first-order valence-electron chi connectivity index (χ1n) is 13.6. The maximum atomic E-state index is 14.6. The molecule has 42 heavy (non-hydrogen) atoms. The van der Waals surface area contributed by atoms with Crippen molar-refractivity contribution in [2.24, 2.45) is 0 Å². The molecular weight excluding hydrogens is 530 g/mol. The van der Waals surface area contributed by atoms with Crippen LogP contribution in [-0.2, 0) is 0 Å². The highest BCUT2D eigenvalue weighted by Gasteiger charge is 2.21. The van der Waals surface area contributed by atoms with Crippen LogP contribution in [0.5, 0.6) is 11.5 Å². The SMILES string of the molecule is Cc1ccnc(-n2c3ccccc3c3ccc(Oc4cccc(-n5nc(C)c(-c6c(F)cccc6F)c5C)c4)cc32)c1. The van der Waals surface area contributed by atoms with E-state index in [-0.39, 0.29) is 5.56 Å². The van der Waals surface area contributed by atoms with Crippen LogP contribution in [0.25, 0.3) is 44.4 Å². The van der Waals surface area contributed by atoms with E-state index in [0.29, 0.717) is 28.5 Å². The highest BCUT2D eigenvalue weighted by atomic mass is 19.1. The quantitative estimate of drug-likeness (QED) is 0.212. The van der Waals surface area contributed by atoms with E-state index < -0.39 is 11.6 Å². The Balaban J connectivity index is 1.29. The number of pyridine rings is 1. The fourth-order valence-electron chi connectivity index (χ4n) is 5.71. The minimum absolute atomic E-state index is 0.0713. The lowest BCUT2D eigenvalue weighted by Crippen LogP contribution is -2.00. The average Bonchev–Trinajstić information content (AvgIpc) is 3.46. The minimum atomic E-state index is -0.619. The van der Waals surface area contributed by atoms with Crippen LogP contribution in [-0.4, -0.2) is 19.3 Å². The molecule has 0 fully saturated rings. The first-order chi connectivity index (χ1) is 20.4. The molecule has 0 saturated heterocycles. The number of fused-ring (bicyclic) bond motifs is 3. The van der Waals surface area contributed by atoms with Crippen molar-refractivity contribution in [3.05, 3.63) is 132 Å². The van der Waals surface area contributed by atoms with Crippen molar-refractivity contribution in [3.8, 4) is 34.1 Å². The molecule has 7 heteroatoms. The predicted molar refractivity (Wildman–Crippen MR) is 162 cm³/mol. The van der Waals surface area contributed by atoms with Gasteiger partial charge in [-0.25, -0.2) is 18.4 Å².